The Bertz CT molecular complexity index is 343. The fraction of sp³-hybridized carbons (Fsp3) is 0.818. The van der Waals surface area contributed by atoms with E-state index >= 15 is 0 Å². The average molecular weight is 265 g/mol. The van der Waals surface area contributed by atoms with Crippen LogP contribution in [0.1, 0.15) is 27.2 Å². The Balaban J connectivity index is 4.25. The molecule has 0 aliphatic rings. The van der Waals surface area contributed by atoms with Gasteiger partial charge in [-0.05, 0) is 18.4 Å². The summed E-state index contributed by atoms with van der Waals surface area (Å²) < 4.78 is 34.8. The molecule has 0 radical (unpaired) electrons. The fourth-order valence-corrected chi connectivity index (χ4v) is 2.03. The van der Waals surface area contributed by atoms with Crippen molar-refractivity contribution in [3.63, 3.8) is 0 Å². The average Bonchev–Trinajstić information content (AvgIpc) is 2.13. The summed E-state index contributed by atoms with van der Waals surface area (Å²) in [6, 6.07) is -0.0612. The normalized spacial score (nSPS) is 14.4. The maximum atomic E-state index is 10.5. The summed E-state index contributed by atoms with van der Waals surface area (Å²) in [6.07, 6.45) is 0.350. The van der Waals surface area contributed by atoms with Gasteiger partial charge in [0.1, 0.15) is 5.76 Å². The lowest BCUT2D eigenvalue weighted by Gasteiger charge is -2.32. The van der Waals surface area contributed by atoms with Crippen molar-refractivity contribution in [3.05, 3.63) is 12.3 Å². The third-order valence-electron chi connectivity index (χ3n) is 2.38. The van der Waals surface area contributed by atoms with Crippen molar-refractivity contribution in [2.24, 2.45) is 5.41 Å². The number of rotatable bonds is 7. The fourth-order valence-electron chi connectivity index (χ4n) is 1.52. The van der Waals surface area contributed by atoms with E-state index in [9.17, 15) is 8.42 Å². The van der Waals surface area contributed by atoms with E-state index < -0.39 is 10.1 Å². The Labute approximate surface area is 104 Å². The summed E-state index contributed by atoms with van der Waals surface area (Å²) >= 11 is 0. The highest BCUT2D eigenvalue weighted by atomic mass is 32.2. The standard InChI is InChI=1S/C11H23NO4S/c1-9(16-5)10(11(2,3)4)12-7-6-8-17(13,14)15/h10,12H,1,6-8H2,2-5H3,(H,13,14,15)/t10-/m1/s1. The highest BCUT2D eigenvalue weighted by Gasteiger charge is 2.27. The lowest BCUT2D eigenvalue weighted by molar-refractivity contribution is 0.187. The molecule has 6 heteroatoms. The van der Waals surface area contributed by atoms with Gasteiger partial charge >= 0.3 is 0 Å². The molecule has 5 nitrogen and oxygen atoms in total. The second-order valence-corrected chi connectivity index (χ2v) is 6.64. The summed E-state index contributed by atoms with van der Waals surface area (Å²) in [4.78, 5) is 0. The molecule has 0 bridgehead atoms. The number of hydrogen-bond donors (Lipinski definition) is 2. The molecule has 0 aromatic carbocycles. The Hall–Kier alpha value is -0.590. The maximum Gasteiger partial charge on any atom is 0.264 e. The Morgan fingerprint density at radius 2 is 2.00 bits per heavy atom. The monoisotopic (exact) mass is 265 g/mol. The van der Waals surface area contributed by atoms with Crippen LogP contribution in [0.2, 0.25) is 0 Å². The molecule has 0 amide bonds. The van der Waals surface area contributed by atoms with Crippen LogP contribution >= 0.6 is 0 Å². The van der Waals surface area contributed by atoms with Crippen LogP contribution in [0, 0.1) is 5.41 Å². The van der Waals surface area contributed by atoms with Crippen LogP contribution < -0.4 is 5.32 Å². The smallest absolute Gasteiger partial charge is 0.264 e. The molecule has 0 saturated carbocycles. The Kier molecular flexibility index (Phi) is 6.15. The minimum atomic E-state index is -3.88. The lowest BCUT2D eigenvalue weighted by Crippen LogP contribution is -2.42. The van der Waals surface area contributed by atoms with Crippen molar-refractivity contribution in [2.45, 2.75) is 33.2 Å². The van der Waals surface area contributed by atoms with E-state index in [0.717, 1.165) is 0 Å². The summed E-state index contributed by atoms with van der Waals surface area (Å²) in [5.74, 6) is 0.375. The van der Waals surface area contributed by atoms with E-state index in [2.05, 4.69) is 11.9 Å². The summed E-state index contributed by atoms with van der Waals surface area (Å²) in [5.41, 5.74) is -0.0782. The molecule has 2 N–H and O–H groups in total. The molecular formula is C11H23NO4S. The highest BCUT2D eigenvalue weighted by molar-refractivity contribution is 7.85. The summed E-state index contributed by atoms with van der Waals surface area (Å²) in [6.45, 7) is 10.4. The molecule has 102 valence electrons. The first kappa shape index (κ1) is 16.4. The van der Waals surface area contributed by atoms with Gasteiger partial charge in [-0.25, -0.2) is 0 Å². The van der Waals surface area contributed by atoms with Crippen molar-refractivity contribution in [1.29, 1.82) is 0 Å². The van der Waals surface area contributed by atoms with Crippen LogP contribution in [0.15, 0.2) is 12.3 Å². The van der Waals surface area contributed by atoms with Crippen molar-refractivity contribution >= 4 is 10.1 Å². The zero-order valence-corrected chi connectivity index (χ0v) is 11.8. The van der Waals surface area contributed by atoms with E-state index in [1.54, 1.807) is 7.11 Å². The van der Waals surface area contributed by atoms with Crippen molar-refractivity contribution < 1.29 is 17.7 Å². The van der Waals surface area contributed by atoms with Crippen molar-refractivity contribution in [3.8, 4) is 0 Å². The van der Waals surface area contributed by atoms with Crippen molar-refractivity contribution in [2.75, 3.05) is 19.4 Å². The van der Waals surface area contributed by atoms with Gasteiger partial charge in [-0.2, -0.15) is 8.42 Å². The minimum Gasteiger partial charge on any atom is -0.500 e. The van der Waals surface area contributed by atoms with Crippen LogP contribution in [0.4, 0.5) is 0 Å². The molecule has 17 heavy (non-hydrogen) atoms. The summed E-state index contributed by atoms with van der Waals surface area (Å²) in [7, 11) is -2.32. The second-order valence-electron chi connectivity index (χ2n) is 5.06. The molecule has 0 unspecified atom stereocenters. The molecule has 0 fully saturated rings. The van der Waals surface area contributed by atoms with Crippen LogP contribution in [-0.2, 0) is 14.9 Å². The predicted molar refractivity (Wildman–Crippen MR) is 68.4 cm³/mol. The van der Waals surface area contributed by atoms with Gasteiger partial charge in [0.2, 0.25) is 0 Å². The predicted octanol–water partition coefficient (Wildman–Crippen LogP) is 1.43. The maximum absolute atomic E-state index is 10.5. The largest absolute Gasteiger partial charge is 0.500 e. The highest BCUT2D eigenvalue weighted by Crippen LogP contribution is 2.24. The van der Waals surface area contributed by atoms with Gasteiger partial charge in [0.05, 0.1) is 18.9 Å². The molecule has 0 spiro atoms. The first-order valence-corrected chi connectivity index (χ1v) is 7.10. The van der Waals surface area contributed by atoms with E-state index in [1.165, 1.54) is 0 Å². The Morgan fingerprint density at radius 3 is 2.35 bits per heavy atom. The summed E-state index contributed by atoms with van der Waals surface area (Å²) in [5, 5.41) is 3.18. The van der Waals surface area contributed by atoms with Crippen LogP contribution in [0.5, 0.6) is 0 Å². The van der Waals surface area contributed by atoms with Gasteiger partial charge in [-0.15, -0.1) is 0 Å². The van der Waals surface area contributed by atoms with Gasteiger partial charge in [-0.3, -0.25) is 4.55 Å². The number of ether oxygens (including phenoxy) is 1. The quantitative estimate of drug-likeness (QED) is 0.414. The van der Waals surface area contributed by atoms with E-state index in [1.807, 2.05) is 20.8 Å². The van der Waals surface area contributed by atoms with Gasteiger partial charge in [-0.1, -0.05) is 27.4 Å². The Morgan fingerprint density at radius 1 is 1.47 bits per heavy atom. The molecule has 0 aliphatic carbocycles. The SMILES string of the molecule is C=C(OC)[C@@H](NCCCS(=O)(=O)O)C(C)(C)C. The number of nitrogens with one attached hydrogen (secondary N) is 1. The molecule has 0 saturated heterocycles. The molecule has 0 rings (SSSR count). The third kappa shape index (κ3) is 7.36. The van der Waals surface area contributed by atoms with Crippen LogP contribution in [0.25, 0.3) is 0 Å². The first-order chi connectivity index (χ1) is 7.58. The first-order valence-electron chi connectivity index (χ1n) is 5.49. The van der Waals surface area contributed by atoms with Gasteiger partial charge in [0.25, 0.3) is 10.1 Å². The zero-order chi connectivity index (χ0) is 13.7. The van der Waals surface area contributed by atoms with E-state index in [4.69, 9.17) is 9.29 Å². The van der Waals surface area contributed by atoms with Gasteiger partial charge in [0, 0.05) is 0 Å². The van der Waals surface area contributed by atoms with Crippen molar-refractivity contribution in [1.82, 2.24) is 5.32 Å². The molecule has 0 heterocycles. The molecule has 0 aromatic rings. The third-order valence-corrected chi connectivity index (χ3v) is 3.18. The lowest BCUT2D eigenvalue weighted by atomic mass is 9.85. The van der Waals surface area contributed by atoms with Gasteiger partial charge in [0.15, 0.2) is 0 Å². The van der Waals surface area contributed by atoms with E-state index in [0.29, 0.717) is 18.7 Å². The molecule has 0 aliphatic heterocycles. The van der Waals surface area contributed by atoms with E-state index in [-0.39, 0.29) is 17.2 Å². The van der Waals surface area contributed by atoms with Crippen LogP contribution in [0.3, 0.4) is 0 Å². The van der Waals surface area contributed by atoms with Crippen LogP contribution in [-0.4, -0.2) is 38.4 Å². The zero-order valence-electron chi connectivity index (χ0n) is 11.0. The molecule has 0 aromatic heterocycles. The second kappa shape index (κ2) is 6.37. The minimum absolute atomic E-state index is 0.0612. The topological polar surface area (TPSA) is 75.6 Å². The van der Waals surface area contributed by atoms with Gasteiger partial charge < -0.3 is 10.1 Å². The number of methoxy groups -OCH3 is 1. The molecule has 1 atom stereocenters. The molecular weight excluding hydrogens is 242 g/mol. The number of hydrogen-bond acceptors (Lipinski definition) is 4.